The van der Waals surface area contributed by atoms with Crippen LogP contribution in [-0.4, -0.2) is 19.0 Å². The molecule has 0 bridgehead atoms. The van der Waals surface area contributed by atoms with Crippen LogP contribution >= 0.6 is 0 Å². The summed E-state index contributed by atoms with van der Waals surface area (Å²) in [7, 11) is 0. The molecule has 1 amide bonds. The van der Waals surface area contributed by atoms with Crippen molar-refractivity contribution in [2.45, 2.75) is 26.8 Å². The Kier molecular flexibility index (Phi) is 4.41. The Balaban J connectivity index is 1.99. The predicted octanol–water partition coefficient (Wildman–Crippen LogP) is 1.81. The maximum atomic E-state index is 12.5. The summed E-state index contributed by atoms with van der Waals surface area (Å²) in [6, 6.07) is 9.40. The van der Waals surface area contributed by atoms with Gasteiger partial charge in [0, 0.05) is 13.1 Å². The molecule has 0 radical (unpaired) electrons. The van der Waals surface area contributed by atoms with E-state index in [9.17, 15) is 4.79 Å². The van der Waals surface area contributed by atoms with E-state index in [4.69, 9.17) is 5.26 Å². The van der Waals surface area contributed by atoms with E-state index in [0.717, 1.165) is 25.1 Å². The first kappa shape index (κ1) is 14.5. The lowest BCUT2D eigenvalue weighted by atomic mass is 9.75. The van der Waals surface area contributed by atoms with E-state index in [1.165, 1.54) is 0 Å². The van der Waals surface area contributed by atoms with Crippen LogP contribution in [0.25, 0.3) is 0 Å². The van der Waals surface area contributed by atoms with E-state index in [2.05, 4.69) is 30.6 Å². The van der Waals surface area contributed by atoms with Crippen molar-refractivity contribution >= 4 is 5.91 Å². The van der Waals surface area contributed by atoms with Crippen LogP contribution in [0, 0.1) is 22.7 Å². The van der Waals surface area contributed by atoms with Gasteiger partial charge in [0.2, 0.25) is 5.91 Å². The molecule has 0 aromatic heterocycles. The van der Waals surface area contributed by atoms with Crippen LogP contribution in [0.4, 0.5) is 0 Å². The number of carbonyl (C=O) groups excluding carboxylic acids is 1. The lowest BCUT2D eigenvalue weighted by Crippen LogP contribution is -2.45. The quantitative estimate of drug-likeness (QED) is 0.877. The summed E-state index contributed by atoms with van der Waals surface area (Å²) in [5, 5.41) is 15.1. The average Bonchev–Trinajstić information content (AvgIpc) is 2.96. The third kappa shape index (κ3) is 2.83. The summed E-state index contributed by atoms with van der Waals surface area (Å²) in [6.07, 6.45) is 0.893. The fourth-order valence-corrected chi connectivity index (χ4v) is 2.72. The number of rotatable bonds is 4. The van der Waals surface area contributed by atoms with E-state index in [1.807, 2.05) is 12.1 Å². The van der Waals surface area contributed by atoms with Gasteiger partial charge in [0.1, 0.15) is 0 Å². The molecule has 1 saturated heterocycles. The second kappa shape index (κ2) is 6.06. The second-order valence-corrected chi connectivity index (χ2v) is 5.73. The Morgan fingerprint density at radius 2 is 2.15 bits per heavy atom. The van der Waals surface area contributed by atoms with Crippen LogP contribution in [0.1, 0.15) is 31.4 Å². The molecule has 0 spiro atoms. The molecule has 2 N–H and O–H groups in total. The fraction of sp³-hybridized carbons (Fsp3) is 0.500. The van der Waals surface area contributed by atoms with Gasteiger partial charge in [-0.1, -0.05) is 26.0 Å². The van der Waals surface area contributed by atoms with E-state index >= 15 is 0 Å². The van der Waals surface area contributed by atoms with Gasteiger partial charge in [-0.25, -0.2) is 0 Å². The molecule has 4 nitrogen and oxygen atoms in total. The van der Waals surface area contributed by atoms with Crippen molar-refractivity contribution in [2.75, 3.05) is 13.1 Å². The zero-order valence-corrected chi connectivity index (χ0v) is 12.1. The number of benzene rings is 1. The van der Waals surface area contributed by atoms with Crippen LogP contribution in [-0.2, 0) is 11.3 Å². The van der Waals surface area contributed by atoms with Crippen molar-refractivity contribution < 1.29 is 4.79 Å². The number of amides is 1. The van der Waals surface area contributed by atoms with E-state index in [-0.39, 0.29) is 11.3 Å². The zero-order valence-electron chi connectivity index (χ0n) is 12.1. The molecule has 1 unspecified atom stereocenters. The first-order valence-corrected chi connectivity index (χ1v) is 7.06. The summed E-state index contributed by atoms with van der Waals surface area (Å²) in [4.78, 5) is 12.5. The minimum atomic E-state index is -0.285. The summed E-state index contributed by atoms with van der Waals surface area (Å²) in [5.41, 5.74) is 1.37. The van der Waals surface area contributed by atoms with E-state index in [1.54, 1.807) is 12.1 Å². The number of hydrogen-bond acceptors (Lipinski definition) is 3. The highest BCUT2D eigenvalue weighted by Gasteiger charge is 2.43. The number of nitrogens with one attached hydrogen (secondary N) is 2. The average molecular weight is 271 g/mol. The van der Waals surface area contributed by atoms with E-state index in [0.29, 0.717) is 18.0 Å². The summed E-state index contributed by atoms with van der Waals surface area (Å²) in [6.45, 7) is 6.38. The normalized spacial score (nSPS) is 21.7. The van der Waals surface area contributed by atoms with Gasteiger partial charge in [-0.15, -0.1) is 0 Å². The molecule has 1 aromatic carbocycles. The van der Waals surface area contributed by atoms with Crippen molar-refractivity contribution in [3.63, 3.8) is 0 Å². The predicted molar refractivity (Wildman–Crippen MR) is 77.8 cm³/mol. The fourth-order valence-electron chi connectivity index (χ4n) is 2.72. The Morgan fingerprint density at radius 1 is 1.45 bits per heavy atom. The summed E-state index contributed by atoms with van der Waals surface area (Å²) < 4.78 is 0. The maximum absolute atomic E-state index is 12.5. The molecule has 1 heterocycles. The number of carbonyl (C=O) groups is 1. The molecule has 1 fully saturated rings. The van der Waals surface area contributed by atoms with Crippen LogP contribution < -0.4 is 10.6 Å². The molecular formula is C16H21N3O. The van der Waals surface area contributed by atoms with Crippen LogP contribution in [0.3, 0.4) is 0 Å². The highest BCUT2D eigenvalue weighted by atomic mass is 16.2. The van der Waals surface area contributed by atoms with Crippen LogP contribution in [0.2, 0.25) is 0 Å². The Hall–Kier alpha value is -1.86. The smallest absolute Gasteiger partial charge is 0.228 e. The second-order valence-electron chi connectivity index (χ2n) is 5.73. The lowest BCUT2D eigenvalue weighted by Gasteiger charge is -2.31. The van der Waals surface area contributed by atoms with Gasteiger partial charge in [-0.3, -0.25) is 4.79 Å². The molecule has 1 aliphatic rings. The van der Waals surface area contributed by atoms with Crippen molar-refractivity contribution in [1.82, 2.24) is 10.6 Å². The third-order valence-corrected chi connectivity index (χ3v) is 4.28. The Morgan fingerprint density at radius 3 is 2.65 bits per heavy atom. The molecule has 106 valence electrons. The monoisotopic (exact) mass is 271 g/mol. The third-order valence-electron chi connectivity index (χ3n) is 4.28. The van der Waals surface area contributed by atoms with Crippen molar-refractivity contribution in [3.05, 3.63) is 35.4 Å². The lowest BCUT2D eigenvalue weighted by molar-refractivity contribution is -0.132. The Bertz CT molecular complexity index is 508. The maximum Gasteiger partial charge on any atom is 0.228 e. The number of hydrogen-bond donors (Lipinski definition) is 2. The van der Waals surface area contributed by atoms with E-state index < -0.39 is 0 Å². The van der Waals surface area contributed by atoms with Gasteiger partial charge in [0.25, 0.3) is 0 Å². The van der Waals surface area contributed by atoms with Gasteiger partial charge < -0.3 is 10.6 Å². The van der Waals surface area contributed by atoms with Gasteiger partial charge in [0.15, 0.2) is 0 Å². The molecule has 2 rings (SSSR count). The first-order chi connectivity index (χ1) is 9.58. The topological polar surface area (TPSA) is 64.9 Å². The van der Waals surface area contributed by atoms with Gasteiger partial charge in [-0.2, -0.15) is 5.26 Å². The minimum Gasteiger partial charge on any atom is -0.351 e. The molecule has 1 aromatic rings. The molecule has 1 aliphatic heterocycles. The summed E-state index contributed by atoms with van der Waals surface area (Å²) >= 11 is 0. The van der Waals surface area contributed by atoms with Gasteiger partial charge >= 0.3 is 0 Å². The highest BCUT2D eigenvalue weighted by molar-refractivity contribution is 5.83. The number of nitrogens with zero attached hydrogens (tertiary/aromatic N) is 1. The molecule has 1 atom stereocenters. The SMILES string of the molecule is CC(C)C1(C(=O)NCc2ccc(C#N)cc2)CCNC1. The Labute approximate surface area is 120 Å². The minimum absolute atomic E-state index is 0.127. The number of nitriles is 1. The zero-order chi connectivity index (χ0) is 14.6. The molecular weight excluding hydrogens is 250 g/mol. The van der Waals surface area contributed by atoms with Crippen molar-refractivity contribution in [2.24, 2.45) is 11.3 Å². The highest BCUT2D eigenvalue weighted by Crippen LogP contribution is 2.34. The molecule has 4 heteroatoms. The largest absolute Gasteiger partial charge is 0.351 e. The standard InChI is InChI=1S/C16H21N3O/c1-12(2)16(7-8-18-11-16)15(20)19-10-14-5-3-13(9-17)4-6-14/h3-6,12,18H,7-8,10-11H2,1-2H3,(H,19,20). The molecule has 20 heavy (non-hydrogen) atoms. The molecule has 0 aliphatic carbocycles. The molecule has 0 saturated carbocycles. The van der Waals surface area contributed by atoms with Crippen LogP contribution in [0.15, 0.2) is 24.3 Å². The van der Waals surface area contributed by atoms with Gasteiger partial charge in [0.05, 0.1) is 17.0 Å². The van der Waals surface area contributed by atoms with Crippen LogP contribution in [0.5, 0.6) is 0 Å². The van der Waals surface area contributed by atoms with Crippen molar-refractivity contribution in [3.8, 4) is 6.07 Å². The van der Waals surface area contributed by atoms with Crippen molar-refractivity contribution in [1.29, 1.82) is 5.26 Å². The summed E-state index contributed by atoms with van der Waals surface area (Å²) in [5.74, 6) is 0.445. The van der Waals surface area contributed by atoms with Gasteiger partial charge in [-0.05, 0) is 36.6 Å². The first-order valence-electron chi connectivity index (χ1n) is 7.06.